The molecule has 30 heavy (non-hydrogen) atoms. The van der Waals surface area contributed by atoms with Crippen molar-refractivity contribution in [3.63, 3.8) is 0 Å². The average molecular weight is 414 g/mol. The molecule has 4 aromatic rings. The van der Waals surface area contributed by atoms with Crippen molar-refractivity contribution in [1.29, 1.82) is 0 Å². The number of rotatable bonds is 6. The van der Waals surface area contributed by atoms with Gasteiger partial charge in [0.15, 0.2) is 0 Å². The number of nitrogens with zero attached hydrogens (tertiary/aromatic N) is 2. The van der Waals surface area contributed by atoms with Gasteiger partial charge in [-0.2, -0.15) is 0 Å². The monoisotopic (exact) mass is 413 g/mol. The highest BCUT2D eigenvalue weighted by Gasteiger charge is 2.13. The summed E-state index contributed by atoms with van der Waals surface area (Å²) in [6.07, 6.45) is 1.75. The van der Waals surface area contributed by atoms with Gasteiger partial charge in [-0.3, -0.25) is 4.98 Å². The lowest BCUT2D eigenvalue weighted by Crippen LogP contribution is -2.14. The summed E-state index contributed by atoms with van der Waals surface area (Å²) in [5.74, 6) is 1.17. The molecule has 0 spiro atoms. The summed E-state index contributed by atoms with van der Waals surface area (Å²) in [4.78, 5) is 11.2. The Morgan fingerprint density at radius 2 is 1.70 bits per heavy atom. The average Bonchev–Trinajstić information content (AvgIpc) is 3.25. The molecule has 5 heteroatoms. The van der Waals surface area contributed by atoms with Crippen molar-refractivity contribution in [2.24, 2.45) is 10.7 Å². The molecule has 2 aromatic carbocycles. The van der Waals surface area contributed by atoms with Gasteiger partial charge < -0.3 is 10.5 Å². The summed E-state index contributed by atoms with van der Waals surface area (Å²) in [5.41, 5.74) is 9.79. The molecule has 2 aromatic heterocycles. The molecular formula is C25H23N3OS. The van der Waals surface area contributed by atoms with Gasteiger partial charge in [0.05, 0.1) is 11.8 Å². The van der Waals surface area contributed by atoms with Gasteiger partial charge in [-0.25, -0.2) is 4.99 Å². The SMILES string of the molecule is CC(C)Oc1cc(N=C(N)c2ccccn2)ccc1-c1ccc(-c2ccccc2)s1. The lowest BCUT2D eigenvalue weighted by Gasteiger charge is -2.14. The maximum atomic E-state index is 6.14. The van der Waals surface area contributed by atoms with Crippen LogP contribution in [-0.2, 0) is 0 Å². The number of thiophene rings is 1. The van der Waals surface area contributed by atoms with Crippen molar-refractivity contribution in [3.05, 3.63) is 90.8 Å². The number of aliphatic imine (C=N–C) groups is 1. The van der Waals surface area contributed by atoms with E-state index in [1.807, 2.05) is 56.3 Å². The Labute approximate surface area is 180 Å². The van der Waals surface area contributed by atoms with Gasteiger partial charge in [0.2, 0.25) is 0 Å². The fourth-order valence-corrected chi connectivity index (χ4v) is 4.13. The molecule has 2 heterocycles. The highest BCUT2D eigenvalue weighted by Crippen LogP contribution is 2.40. The van der Waals surface area contributed by atoms with Crippen LogP contribution in [0.5, 0.6) is 5.75 Å². The van der Waals surface area contributed by atoms with E-state index in [-0.39, 0.29) is 6.10 Å². The van der Waals surface area contributed by atoms with Crippen LogP contribution in [-0.4, -0.2) is 16.9 Å². The minimum Gasteiger partial charge on any atom is -0.490 e. The topological polar surface area (TPSA) is 60.5 Å². The van der Waals surface area contributed by atoms with E-state index < -0.39 is 0 Å². The number of hydrogen-bond acceptors (Lipinski definition) is 4. The lowest BCUT2D eigenvalue weighted by molar-refractivity contribution is 0.243. The summed E-state index contributed by atoms with van der Waals surface area (Å²) in [5, 5.41) is 0. The normalized spacial score (nSPS) is 11.6. The minimum absolute atomic E-state index is 0.0460. The number of ether oxygens (including phenoxy) is 1. The molecule has 0 bridgehead atoms. The zero-order chi connectivity index (χ0) is 20.9. The maximum Gasteiger partial charge on any atom is 0.150 e. The highest BCUT2D eigenvalue weighted by molar-refractivity contribution is 7.18. The third-order valence-corrected chi connectivity index (χ3v) is 5.60. The molecule has 0 aliphatic rings. The molecule has 4 nitrogen and oxygen atoms in total. The van der Waals surface area contributed by atoms with E-state index in [9.17, 15) is 0 Å². The van der Waals surface area contributed by atoms with Crippen molar-refractivity contribution in [2.75, 3.05) is 0 Å². The van der Waals surface area contributed by atoms with Crippen LogP contribution in [0.2, 0.25) is 0 Å². The summed E-state index contributed by atoms with van der Waals surface area (Å²) >= 11 is 1.75. The summed E-state index contributed by atoms with van der Waals surface area (Å²) in [6, 6.07) is 26.2. The molecular weight excluding hydrogens is 390 g/mol. The third kappa shape index (κ3) is 4.58. The summed E-state index contributed by atoms with van der Waals surface area (Å²) in [6.45, 7) is 4.04. The zero-order valence-corrected chi connectivity index (χ0v) is 17.8. The number of amidine groups is 1. The van der Waals surface area contributed by atoms with E-state index in [2.05, 4.69) is 46.4 Å². The van der Waals surface area contributed by atoms with E-state index in [0.717, 1.165) is 21.9 Å². The Bertz CT molecular complexity index is 1150. The fourth-order valence-electron chi connectivity index (χ4n) is 3.09. The molecule has 150 valence electrons. The second-order valence-electron chi connectivity index (χ2n) is 7.09. The number of nitrogens with two attached hydrogens (primary N) is 1. The smallest absolute Gasteiger partial charge is 0.150 e. The predicted molar refractivity (Wildman–Crippen MR) is 126 cm³/mol. The summed E-state index contributed by atoms with van der Waals surface area (Å²) in [7, 11) is 0. The molecule has 0 saturated heterocycles. The number of hydrogen-bond donors (Lipinski definition) is 1. The van der Waals surface area contributed by atoms with E-state index in [1.54, 1.807) is 17.5 Å². The first-order chi connectivity index (χ1) is 14.6. The number of benzene rings is 2. The van der Waals surface area contributed by atoms with Gasteiger partial charge >= 0.3 is 0 Å². The Morgan fingerprint density at radius 3 is 2.43 bits per heavy atom. The molecule has 0 saturated carbocycles. The van der Waals surface area contributed by atoms with E-state index >= 15 is 0 Å². The molecule has 0 fully saturated rings. The molecule has 0 radical (unpaired) electrons. The minimum atomic E-state index is 0.0460. The Hall–Kier alpha value is -3.44. The Balaban J connectivity index is 1.70. The van der Waals surface area contributed by atoms with Crippen molar-refractivity contribution in [1.82, 2.24) is 4.98 Å². The van der Waals surface area contributed by atoms with Crippen molar-refractivity contribution < 1.29 is 4.74 Å². The van der Waals surface area contributed by atoms with Crippen LogP contribution in [0.15, 0.2) is 90.1 Å². The first-order valence-electron chi connectivity index (χ1n) is 9.82. The van der Waals surface area contributed by atoms with Crippen LogP contribution < -0.4 is 10.5 Å². The van der Waals surface area contributed by atoms with E-state index in [1.165, 1.54) is 10.4 Å². The van der Waals surface area contributed by atoms with Crippen LogP contribution in [0, 0.1) is 0 Å². The zero-order valence-electron chi connectivity index (χ0n) is 16.9. The van der Waals surface area contributed by atoms with Crippen molar-refractivity contribution in [3.8, 4) is 26.6 Å². The number of pyridine rings is 1. The molecule has 0 aliphatic carbocycles. The van der Waals surface area contributed by atoms with Gasteiger partial charge in [0, 0.05) is 27.6 Å². The van der Waals surface area contributed by atoms with Crippen LogP contribution >= 0.6 is 11.3 Å². The molecule has 0 atom stereocenters. The fraction of sp³-hybridized carbons (Fsp3) is 0.120. The largest absolute Gasteiger partial charge is 0.490 e. The van der Waals surface area contributed by atoms with Gasteiger partial charge in [0.25, 0.3) is 0 Å². The first kappa shape index (κ1) is 19.9. The van der Waals surface area contributed by atoms with Crippen molar-refractivity contribution >= 4 is 22.9 Å². The quantitative estimate of drug-likeness (QED) is 0.298. The van der Waals surface area contributed by atoms with Gasteiger partial charge in [0.1, 0.15) is 17.3 Å². The first-order valence-corrected chi connectivity index (χ1v) is 10.6. The number of aromatic nitrogens is 1. The van der Waals surface area contributed by atoms with Gasteiger partial charge in [-0.15, -0.1) is 11.3 Å². The second-order valence-corrected chi connectivity index (χ2v) is 8.17. The van der Waals surface area contributed by atoms with Crippen LogP contribution in [0.4, 0.5) is 5.69 Å². The van der Waals surface area contributed by atoms with Crippen LogP contribution in [0.1, 0.15) is 19.5 Å². The highest BCUT2D eigenvalue weighted by atomic mass is 32.1. The van der Waals surface area contributed by atoms with Crippen LogP contribution in [0.25, 0.3) is 20.9 Å². The van der Waals surface area contributed by atoms with E-state index in [0.29, 0.717) is 11.5 Å². The molecule has 0 unspecified atom stereocenters. The molecule has 0 amide bonds. The maximum absolute atomic E-state index is 6.14. The second kappa shape index (κ2) is 8.93. The van der Waals surface area contributed by atoms with E-state index in [4.69, 9.17) is 10.5 Å². The van der Waals surface area contributed by atoms with Gasteiger partial charge in [-0.05, 0) is 55.8 Å². The summed E-state index contributed by atoms with van der Waals surface area (Å²) < 4.78 is 6.12. The standard InChI is InChI=1S/C25H23N3OS/c1-17(2)29-22-16-19(28-25(26)21-10-6-7-15-27-21)11-12-20(22)24-14-13-23(30-24)18-8-4-3-5-9-18/h3-17H,1-2H3,(H2,26,28). The molecule has 2 N–H and O–H groups in total. The third-order valence-electron chi connectivity index (χ3n) is 4.43. The predicted octanol–water partition coefficient (Wildman–Crippen LogP) is 6.30. The lowest BCUT2D eigenvalue weighted by atomic mass is 10.1. The van der Waals surface area contributed by atoms with Crippen molar-refractivity contribution in [2.45, 2.75) is 20.0 Å². The molecule has 4 rings (SSSR count). The van der Waals surface area contributed by atoms with Gasteiger partial charge in [-0.1, -0.05) is 36.4 Å². The molecule has 0 aliphatic heterocycles. The van der Waals surface area contributed by atoms with Crippen LogP contribution in [0.3, 0.4) is 0 Å². The Morgan fingerprint density at radius 1 is 0.933 bits per heavy atom. The Kier molecular flexibility index (Phi) is 5.91.